The van der Waals surface area contributed by atoms with Crippen LogP contribution in [0.3, 0.4) is 0 Å². The highest BCUT2D eigenvalue weighted by molar-refractivity contribution is 6.04. The predicted molar refractivity (Wildman–Crippen MR) is 146 cm³/mol. The van der Waals surface area contributed by atoms with Crippen LogP contribution < -0.4 is 31.2 Å². The molecule has 0 radical (unpaired) electrons. The van der Waals surface area contributed by atoms with Gasteiger partial charge in [-0.1, -0.05) is 19.9 Å². The predicted octanol–water partition coefficient (Wildman–Crippen LogP) is 3.00. The van der Waals surface area contributed by atoms with Gasteiger partial charge in [0.25, 0.3) is 11.8 Å². The second-order valence-electron chi connectivity index (χ2n) is 10.1. The molecule has 2 amide bonds. The molecular weight excluding hydrogens is 500 g/mol. The molecule has 1 saturated carbocycles. The molecule has 12 nitrogen and oxygen atoms in total. The Hall–Kier alpha value is -4.79. The maximum Gasteiger partial charge on any atom is 0.261 e. The lowest BCUT2D eigenvalue weighted by Crippen LogP contribution is -2.38. The van der Waals surface area contributed by atoms with Crippen LogP contribution >= 0.6 is 0 Å². The van der Waals surface area contributed by atoms with Crippen LogP contribution in [0.4, 0.5) is 17.5 Å². The highest BCUT2D eigenvalue weighted by Gasteiger charge is 2.25. The summed E-state index contributed by atoms with van der Waals surface area (Å²) in [6.45, 7) is 4.68. The van der Waals surface area contributed by atoms with Crippen molar-refractivity contribution in [2.24, 2.45) is 17.1 Å². The lowest BCUT2D eigenvalue weighted by atomic mass is 9.93. The third-order valence-corrected chi connectivity index (χ3v) is 6.25. The summed E-state index contributed by atoms with van der Waals surface area (Å²) < 4.78 is 12.3. The number of imidazole rings is 1. The van der Waals surface area contributed by atoms with Gasteiger partial charge in [0.15, 0.2) is 11.5 Å². The highest BCUT2D eigenvalue weighted by Crippen LogP contribution is 2.32. The topological polar surface area (TPSA) is 169 Å². The van der Waals surface area contributed by atoms with Gasteiger partial charge in [-0.2, -0.15) is 10.2 Å². The van der Waals surface area contributed by atoms with Crippen molar-refractivity contribution in [2.45, 2.75) is 26.7 Å². The quantitative estimate of drug-likeness (QED) is 0.202. The first kappa shape index (κ1) is 27.3. The van der Waals surface area contributed by atoms with Crippen molar-refractivity contribution in [1.82, 2.24) is 19.7 Å². The number of nitriles is 1. The Morgan fingerprint density at radius 2 is 1.90 bits per heavy atom. The molecule has 1 aliphatic carbocycles. The zero-order valence-electron chi connectivity index (χ0n) is 22.4. The van der Waals surface area contributed by atoms with Crippen molar-refractivity contribution >= 4 is 34.9 Å². The molecule has 3 aromatic rings. The largest absolute Gasteiger partial charge is 0.497 e. The summed E-state index contributed by atoms with van der Waals surface area (Å²) in [6.07, 6.45) is 6.99. The van der Waals surface area contributed by atoms with Crippen molar-refractivity contribution in [1.29, 1.82) is 5.26 Å². The van der Waals surface area contributed by atoms with E-state index >= 15 is 0 Å². The molecule has 0 atom stereocenters. The molecule has 0 bridgehead atoms. The number of fused-ring (bicyclic) bond motifs is 1. The van der Waals surface area contributed by atoms with Crippen LogP contribution in [0.5, 0.6) is 11.5 Å². The lowest BCUT2D eigenvalue weighted by molar-refractivity contribution is -0.117. The number of primary amides is 1. The van der Waals surface area contributed by atoms with E-state index < -0.39 is 11.3 Å². The third-order valence-electron chi connectivity index (χ3n) is 6.25. The number of hydrogen-bond donors (Lipinski definition) is 4. The zero-order chi connectivity index (χ0) is 28.2. The second kappa shape index (κ2) is 11.3. The van der Waals surface area contributed by atoms with Gasteiger partial charge >= 0.3 is 0 Å². The SMILES string of the molecule is COc1cc(Nc2nc(NCC(C)(C)CNC(=O)C(C#N)=CC3CC3)n3ccnc3c2C(N)=O)cc(OC)c1. The van der Waals surface area contributed by atoms with Crippen LogP contribution in [0.25, 0.3) is 5.65 Å². The summed E-state index contributed by atoms with van der Waals surface area (Å²) in [5, 5.41) is 18.6. The Balaban J connectivity index is 1.56. The van der Waals surface area contributed by atoms with Gasteiger partial charge in [-0.15, -0.1) is 0 Å². The molecule has 4 rings (SSSR count). The summed E-state index contributed by atoms with van der Waals surface area (Å²) in [5.41, 5.74) is 6.47. The monoisotopic (exact) mass is 532 g/mol. The van der Waals surface area contributed by atoms with Crippen LogP contribution in [0.2, 0.25) is 0 Å². The first-order valence-corrected chi connectivity index (χ1v) is 12.4. The number of nitrogens with zero attached hydrogens (tertiary/aromatic N) is 4. The number of aromatic nitrogens is 3. The molecule has 0 spiro atoms. The number of nitrogens with two attached hydrogens (primary N) is 1. The number of allylic oxidation sites excluding steroid dienone is 1. The summed E-state index contributed by atoms with van der Waals surface area (Å²) in [7, 11) is 3.08. The van der Waals surface area contributed by atoms with Crippen molar-refractivity contribution in [3.8, 4) is 17.6 Å². The van der Waals surface area contributed by atoms with Gasteiger partial charge in [-0.25, -0.2) is 4.98 Å². The molecule has 1 aliphatic rings. The molecule has 0 unspecified atom stereocenters. The Kier molecular flexibility index (Phi) is 7.90. The first-order valence-electron chi connectivity index (χ1n) is 12.4. The normalized spacial score (nSPS) is 13.5. The van der Waals surface area contributed by atoms with Crippen LogP contribution in [-0.4, -0.2) is 53.5 Å². The zero-order valence-corrected chi connectivity index (χ0v) is 22.4. The van der Waals surface area contributed by atoms with Gasteiger partial charge in [0.05, 0.1) is 14.2 Å². The Bertz CT molecular complexity index is 1440. The van der Waals surface area contributed by atoms with Crippen molar-refractivity contribution < 1.29 is 19.1 Å². The van der Waals surface area contributed by atoms with Crippen molar-refractivity contribution in [3.63, 3.8) is 0 Å². The second-order valence-corrected chi connectivity index (χ2v) is 10.1. The number of carbonyl (C=O) groups excluding carboxylic acids is 2. The van der Waals surface area contributed by atoms with E-state index in [1.807, 2.05) is 19.9 Å². The summed E-state index contributed by atoms with van der Waals surface area (Å²) in [4.78, 5) is 33.9. The number of ether oxygens (including phenoxy) is 2. The van der Waals surface area contributed by atoms with Gasteiger partial charge < -0.3 is 31.2 Å². The molecule has 204 valence electrons. The van der Waals surface area contributed by atoms with E-state index in [2.05, 4.69) is 25.9 Å². The van der Waals surface area contributed by atoms with Crippen LogP contribution in [0.1, 0.15) is 37.0 Å². The highest BCUT2D eigenvalue weighted by atomic mass is 16.5. The van der Waals surface area contributed by atoms with E-state index in [0.717, 1.165) is 12.8 Å². The maximum absolute atomic E-state index is 12.5. The fourth-order valence-corrected chi connectivity index (χ4v) is 3.90. The molecule has 5 N–H and O–H groups in total. The van der Waals surface area contributed by atoms with E-state index in [9.17, 15) is 14.9 Å². The standard InChI is InChI=1S/C27H32N8O4/c1-27(2,14-31-25(37)17(13-28)9-16-5-6-16)15-32-26-34-23(21(22(29)36)24-30-7-8-35(24)26)33-18-10-19(38-3)12-20(11-18)39-4/h7-12,16,33H,5-6,14-15H2,1-4H3,(H2,29,36)(H,31,37)(H,32,34). The lowest BCUT2D eigenvalue weighted by Gasteiger charge is -2.26. The van der Waals surface area contributed by atoms with Crippen LogP contribution in [-0.2, 0) is 4.79 Å². The Morgan fingerprint density at radius 1 is 1.21 bits per heavy atom. The Labute approximate surface area is 226 Å². The smallest absolute Gasteiger partial charge is 0.261 e. The van der Waals surface area contributed by atoms with Gasteiger partial charge in [0, 0.05) is 49.4 Å². The first-order chi connectivity index (χ1) is 18.6. The average molecular weight is 533 g/mol. The van der Waals surface area contributed by atoms with Gasteiger partial charge in [0.2, 0.25) is 5.95 Å². The third kappa shape index (κ3) is 6.56. The molecular formula is C27H32N8O4. The van der Waals surface area contributed by atoms with E-state index in [1.165, 1.54) is 0 Å². The fraction of sp³-hybridized carbons (Fsp3) is 0.370. The molecule has 0 aliphatic heterocycles. The Morgan fingerprint density at radius 3 is 2.49 bits per heavy atom. The number of methoxy groups -OCH3 is 2. The average Bonchev–Trinajstić information content (AvgIpc) is 3.61. The minimum Gasteiger partial charge on any atom is -0.497 e. The van der Waals surface area contributed by atoms with Crippen molar-refractivity contribution in [3.05, 3.63) is 47.8 Å². The maximum atomic E-state index is 12.5. The van der Waals surface area contributed by atoms with Crippen LogP contribution in [0.15, 0.2) is 42.2 Å². The number of carbonyl (C=O) groups is 2. The summed E-state index contributed by atoms with van der Waals surface area (Å²) in [6, 6.07) is 7.18. The molecule has 39 heavy (non-hydrogen) atoms. The van der Waals surface area contributed by atoms with E-state index in [-0.39, 0.29) is 22.9 Å². The number of hydrogen-bond acceptors (Lipinski definition) is 9. The molecule has 1 fully saturated rings. The summed E-state index contributed by atoms with van der Waals surface area (Å²) >= 11 is 0. The van der Waals surface area contributed by atoms with Crippen molar-refractivity contribution in [2.75, 3.05) is 37.9 Å². The number of nitrogens with one attached hydrogen (secondary N) is 3. The molecule has 2 aromatic heterocycles. The number of benzene rings is 1. The molecule has 1 aromatic carbocycles. The molecule has 12 heteroatoms. The number of amides is 2. The van der Waals surface area contributed by atoms with Gasteiger partial charge in [0.1, 0.15) is 28.7 Å². The number of anilines is 3. The van der Waals surface area contributed by atoms with E-state index in [0.29, 0.717) is 47.8 Å². The fourth-order valence-electron chi connectivity index (χ4n) is 3.90. The van der Waals surface area contributed by atoms with Crippen LogP contribution in [0, 0.1) is 22.7 Å². The van der Waals surface area contributed by atoms with E-state index in [1.54, 1.807) is 55.3 Å². The minimum atomic E-state index is -0.696. The summed E-state index contributed by atoms with van der Waals surface area (Å²) in [5.74, 6) is 0.968. The van der Waals surface area contributed by atoms with Gasteiger partial charge in [-0.3, -0.25) is 14.0 Å². The molecule has 2 heterocycles. The van der Waals surface area contributed by atoms with Gasteiger partial charge in [-0.05, 0) is 24.2 Å². The van der Waals surface area contributed by atoms with E-state index in [4.69, 9.17) is 15.2 Å². The number of rotatable bonds is 12. The molecule has 0 saturated heterocycles. The minimum absolute atomic E-state index is 0.116.